The highest BCUT2D eigenvalue weighted by Crippen LogP contribution is 2.55. The van der Waals surface area contributed by atoms with Crippen molar-refractivity contribution < 1.29 is 8.78 Å². The summed E-state index contributed by atoms with van der Waals surface area (Å²) >= 11 is 0. The normalized spacial score (nSPS) is 19.8. The summed E-state index contributed by atoms with van der Waals surface area (Å²) < 4.78 is 27.6. The van der Waals surface area contributed by atoms with Crippen LogP contribution >= 0.6 is 0 Å². The SMILES string of the molecule is O=c1[nH]ccn2ncc(-c3ccc(C4CC4(F)F)cc3)c12. The molecule has 0 saturated heterocycles. The Balaban J connectivity index is 1.78. The molecule has 2 heterocycles. The van der Waals surface area contributed by atoms with Crippen LogP contribution in [0.1, 0.15) is 17.9 Å². The second kappa shape index (κ2) is 4.00. The molecule has 1 N–H and O–H groups in total. The average molecular weight is 287 g/mol. The summed E-state index contributed by atoms with van der Waals surface area (Å²) in [7, 11) is 0. The molecule has 1 aliphatic carbocycles. The molecule has 106 valence electrons. The van der Waals surface area contributed by atoms with Gasteiger partial charge in [0.05, 0.1) is 12.1 Å². The van der Waals surface area contributed by atoms with Gasteiger partial charge in [0.15, 0.2) is 0 Å². The van der Waals surface area contributed by atoms with Crippen molar-refractivity contribution in [3.8, 4) is 11.1 Å². The Morgan fingerprint density at radius 1 is 1.29 bits per heavy atom. The first-order chi connectivity index (χ1) is 10.1. The number of nitrogens with one attached hydrogen (secondary N) is 1. The number of hydrogen-bond donors (Lipinski definition) is 1. The van der Waals surface area contributed by atoms with Crippen LogP contribution in [0.5, 0.6) is 0 Å². The summed E-state index contributed by atoms with van der Waals surface area (Å²) in [5.74, 6) is -3.23. The standard InChI is InChI=1S/C15H11F2N3O/c16-15(17)7-12(15)10-3-1-9(2-4-10)11-8-19-20-6-5-18-14(21)13(11)20/h1-6,8,12H,7H2,(H,18,21). The van der Waals surface area contributed by atoms with Crippen molar-refractivity contribution >= 4 is 5.52 Å². The van der Waals surface area contributed by atoms with Crippen molar-refractivity contribution in [1.82, 2.24) is 14.6 Å². The second-order valence-corrected chi connectivity index (χ2v) is 5.28. The van der Waals surface area contributed by atoms with E-state index >= 15 is 0 Å². The summed E-state index contributed by atoms with van der Waals surface area (Å²) in [6, 6.07) is 6.91. The minimum absolute atomic E-state index is 0.0806. The topological polar surface area (TPSA) is 50.2 Å². The van der Waals surface area contributed by atoms with E-state index in [-0.39, 0.29) is 12.0 Å². The predicted octanol–water partition coefficient (Wildman–Crippen LogP) is 2.81. The van der Waals surface area contributed by atoms with Gasteiger partial charge in [-0.2, -0.15) is 5.10 Å². The Morgan fingerprint density at radius 3 is 2.67 bits per heavy atom. The third kappa shape index (κ3) is 1.86. The van der Waals surface area contributed by atoms with Crippen LogP contribution in [-0.2, 0) is 0 Å². The van der Waals surface area contributed by atoms with E-state index in [4.69, 9.17) is 0 Å². The van der Waals surface area contributed by atoms with E-state index in [9.17, 15) is 13.6 Å². The molecule has 0 bridgehead atoms. The van der Waals surface area contributed by atoms with Crippen molar-refractivity contribution in [2.45, 2.75) is 18.3 Å². The smallest absolute Gasteiger partial charge is 0.274 e. The fourth-order valence-corrected chi connectivity index (χ4v) is 2.63. The van der Waals surface area contributed by atoms with Crippen molar-refractivity contribution in [2.24, 2.45) is 0 Å². The van der Waals surface area contributed by atoms with E-state index in [0.29, 0.717) is 16.6 Å². The van der Waals surface area contributed by atoms with Crippen molar-refractivity contribution in [3.63, 3.8) is 0 Å². The van der Waals surface area contributed by atoms with Gasteiger partial charge in [0.1, 0.15) is 5.52 Å². The predicted molar refractivity (Wildman–Crippen MR) is 73.6 cm³/mol. The zero-order valence-corrected chi connectivity index (χ0v) is 10.9. The van der Waals surface area contributed by atoms with Gasteiger partial charge in [-0.15, -0.1) is 0 Å². The maximum absolute atomic E-state index is 13.1. The molecule has 4 nitrogen and oxygen atoms in total. The van der Waals surface area contributed by atoms with E-state index in [1.54, 1.807) is 36.7 Å². The van der Waals surface area contributed by atoms with Crippen LogP contribution in [0.3, 0.4) is 0 Å². The summed E-state index contributed by atoms with van der Waals surface area (Å²) in [5, 5.41) is 4.13. The first-order valence-electron chi connectivity index (χ1n) is 6.59. The fourth-order valence-electron chi connectivity index (χ4n) is 2.63. The van der Waals surface area contributed by atoms with E-state index in [1.807, 2.05) is 0 Å². The number of nitrogens with zero attached hydrogens (tertiary/aromatic N) is 2. The van der Waals surface area contributed by atoms with Crippen LogP contribution in [0.4, 0.5) is 8.78 Å². The summed E-state index contributed by atoms with van der Waals surface area (Å²) in [4.78, 5) is 14.5. The number of halogens is 2. The molecule has 2 aromatic heterocycles. The molecule has 0 amide bonds. The quantitative estimate of drug-likeness (QED) is 0.788. The first kappa shape index (κ1) is 12.3. The number of aromatic amines is 1. The maximum Gasteiger partial charge on any atom is 0.274 e. The summed E-state index contributed by atoms with van der Waals surface area (Å²) in [5.41, 5.74) is 2.32. The summed E-state index contributed by atoms with van der Waals surface area (Å²) in [6.45, 7) is 0. The van der Waals surface area contributed by atoms with Gasteiger partial charge in [0.2, 0.25) is 0 Å². The monoisotopic (exact) mass is 287 g/mol. The molecular formula is C15H11F2N3O. The van der Waals surface area contributed by atoms with Crippen LogP contribution < -0.4 is 5.56 Å². The number of benzene rings is 1. The van der Waals surface area contributed by atoms with Gasteiger partial charge in [-0.1, -0.05) is 24.3 Å². The second-order valence-electron chi connectivity index (χ2n) is 5.28. The van der Waals surface area contributed by atoms with E-state index in [1.165, 1.54) is 10.7 Å². The lowest BCUT2D eigenvalue weighted by Gasteiger charge is -2.02. The summed E-state index contributed by atoms with van der Waals surface area (Å²) in [6.07, 6.45) is 4.69. The molecule has 0 spiro atoms. The third-order valence-corrected chi connectivity index (χ3v) is 3.89. The Bertz CT molecular complexity index is 880. The van der Waals surface area contributed by atoms with Gasteiger partial charge < -0.3 is 4.98 Å². The lowest BCUT2D eigenvalue weighted by molar-refractivity contribution is 0.112. The van der Waals surface area contributed by atoms with Crippen LogP contribution in [0.25, 0.3) is 16.6 Å². The Morgan fingerprint density at radius 2 is 2.00 bits per heavy atom. The van der Waals surface area contributed by atoms with Gasteiger partial charge in [0, 0.05) is 24.4 Å². The average Bonchev–Trinajstić information content (AvgIpc) is 2.92. The minimum atomic E-state index is -2.57. The maximum atomic E-state index is 13.1. The molecule has 1 aromatic carbocycles. The molecule has 1 unspecified atom stereocenters. The number of H-pyrrole nitrogens is 1. The number of rotatable bonds is 2. The van der Waals surface area contributed by atoms with Gasteiger partial charge in [-0.3, -0.25) is 4.79 Å². The molecule has 3 aromatic rings. The molecule has 1 atom stereocenters. The third-order valence-electron chi connectivity index (χ3n) is 3.89. The Hall–Kier alpha value is -2.50. The fraction of sp³-hybridized carbons (Fsp3) is 0.200. The van der Waals surface area contributed by atoms with Gasteiger partial charge in [0.25, 0.3) is 11.5 Å². The van der Waals surface area contributed by atoms with E-state index < -0.39 is 11.8 Å². The van der Waals surface area contributed by atoms with Crippen LogP contribution in [0.2, 0.25) is 0 Å². The van der Waals surface area contributed by atoms with E-state index in [0.717, 1.165) is 5.56 Å². The largest absolute Gasteiger partial charge is 0.326 e. The van der Waals surface area contributed by atoms with Crippen molar-refractivity contribution in [3.05, 3.63) is 58.8 Å². The Labute approximate surface area is 118 Å². The molecule has 4 rings (SSSR count). The zero-order valence-electron chi connectivity index (χ0n) is 10.9. The lowest BCUT2D eigenvalue weighted by atomic mass is 10.0. The Kier molecular flexibility index (Phi) is 2.34. The molecular weight excluding hydrogens is 276 g/mol. The van der Waals surface area contributed by atoms with E-state index in [2.05, 4.69) is 10.1 Å². The van der Waals surface area contributed by atoms with Crippen LogP contribution in [-0.4, -0.2) is 20.5 Å². The van der Waals surface area contributed by atoms with Crippen LogP contribution in [0, 0.1) is 0 Å². The minimum Gasteiger partial charge on any atom is -0.326 e. The highest BCUT2D eigenvalue weighted by atomic mass is 19.3. The molecule has 1 saturated carbocycles. The number of aromatic nitrogens is 3. The molecule has 21 heavy (non-hydrogen) atoms. The number of fused-ring (bicyclic) bond motifs is 1. The molecule has 1 aliphatic rings. The highest BCUT2D eigenvalue weighted by molar-refractivity contribution is 5.79. The molecule has 0 aliphatic heterocycles. The highest BCUT2D eigenvalue weighted by Gasteiger charge is 2.57. The molecule has 0 radical (unpaired) electrons. The van der Waals surface area contributed by atoms with Crippen LogP contribution in [0.15, 0.2) is 47.7 Å². The zero-order chi connectivity index (χ0) is 14.6. The van der Waals surface area contributed by atoms with Gasteiger partial charge in [-0.05, 0) is 11.1 Å². The van der Waals surface area contributed by atoms with Crippen molar-refractivity contribution in [1.29, 1.82) is 0 Å². The van der Waals surface area contributed by atoms with Gasteiger partial charge >= 0.3 is 0 Å². The van der Waals surface area contributed by atoms with Crippen molar-refractivity contribution in [2.75, 3.05) is 0 Å². The molecule has 6 heteroatoms. The number of alkyl halides is 2. The number of hydrogen-bond acceptors (Lipinski definition) is 2. The molecule has 1 fully saturated rings. The lowest BCUT2D eigenvalue weighted by Crippen LogP contribution is -2.08. The first-order valence-corrected chi connectivity index (χ1v) is 6.59. The van der Waals surface area contributed by atoms with Gasteiger partial charge in [-0.25, -0.2) is 13.3 Å².